The van der Waals surface area contributed by atoms with Crippen LogP contribution in [0.2, 0.25) is 0 Å². The van der Waals surface area contributed by atoms with Crippen molar-refractivity contribution in [2.45, 2.75) is 50.5 Å². The van der Waals surface area contributed by atoms with Crippen molar-refractivity contribution in [3.8, 4) is 0 Å². The molecule has 0 unspecified atom stereocenters. The zero-order chi connectivity index (χ0) is 15.8. The van der Waals surface area contributed by atoms with Gasteiger partial charge in [0.05, 0.1) is 11.8 Å². The van der Waals surface area contributed by atoms with Crippen molar-refractivity contribution < 1.29 is 14.7 Å². The van der Waals surface area contributed by atoms with Crippen LogP contribution in [-0.2, 0) is 9.59 Å². The van der Waals surface area contributed by atoms with Crippen molar-refractivity contribution >= 4 is 11.9 Å². The van der Waals surface area contributed by atoms with Gasteiger partial charge in [-0.1, -0.05) is 12.2 Å². The van der Waals surface area contributed by atoms with Gasteiger partial charge in [0.25, 0.3) is 0 Å². The maximum absolute atomic E-state index is 13.0. The molecule has 5 fully saturated rings. The molecule has 2 N–H and O–H groups in total. The van der Waals surface area contributed by atoms with Crippen LogP contribution in [0.5, 0.6) is 0 Å². The Morgan fingerprint density at radius 1 is 0.870 bits per heavy atom. The number of carboxylic acid groups (broad SMARTS) is 1. The second-order valence-electron chi connectivity index (χ2n) is 9.03. The van der Waals surface area contributed by atoms with E-state index in [4.69, 9.17) is 0 Å². The summed E-state index contributed by atoms with van der Waals surface area (Å²) in [6, 6.07) is 0. The maximum atomic E-state index is 13.0. The summed E-state index contributed by atoms with van der Waals surface area (Å²) >= 11 is 0. The van der Waals surface area contributed by atoms with Gasteiger partial charge in [-0.25, -0.2) is 0 Å². The minimum atomic E-state index is -0.799. The molecule has 6 bridgehead atoms. The highest BCUT2D eigenvalue weighted by atomic mass is 16.4. The van der Waals surface area contributed by atoms with E-state index in [1.807, 2.05) is 6.08 Å². The van der Waals surface area contributed by atoms with Crippen LogP contribution in [0.25, 0.3) is 0 Å². The number of rotatable bonds is 3. The van der Waals surface area contributed by atoms with Crippen molar-refractivity contribution in [1.29, 1.82) is 0 Å². The summed E-state index contributed by atoms with van der Waals surface area (Å²) < 4.78 is 0. The highest BCUT2D eigenvalue weighted by Gasteiger charge is 2.55. The summed E-state index contributed by atoms with van der Waals surface area (Å²) in [6.45, 7) is 0. The van der Waals surface area contributed by atoms with E-state index >= 15 is 0 Å². The van der Waals surface area contributed by atoms with E-state index in [0.717, 1.165) is 43.4 Å². The first kappa shape index (κ1) is 14.1. The van der Waals surface area contributed by atoms with Crippen LogP contribution in [0.15, 0.2) is 12.2 Å². The van der Waals surface area contributed by atoms with Crippen molar-refractivity contribution in [1.82, 2.24) is 5.32 Å². The monoisotopic (exact) mass is 315 g/mol. The molecule has 0 heterocycles. The van der Waals surface area contributed by atoms with E-state index in [1.165, 1.54) is 19.3 Å². The van der Waals surface area contributed by atoms with Gasteiger partial charge in [-0.3, -0.25) is 9.59 Å². The third kappa shape index (κ3) is 2.03. The van der Waals surface area contributed by atoms with E-state index in [1.54, 1.807) is 0 Å². The second-order valence-corrected chi connectivity index (χ2v) is 9.03. The van der Waals surface area contributed by atoms with E-state index in [-0.39, 0.29) is 29.2 Å². The molecule has 6 rings (SSSR count). The number of nitrogens with one attached hydrogen (secondary N) is 1. The maximum Gasteiger partial charge on any atom is 0.307 e. The molecule has 6 aliphatic carbocycles. The van der Waals surface area contributed by atoms with Crippen molar-refractivity contribution in [2.75, 3.05) is 0 Å². The Balaban J connectivity index is 1.37. The molecular formula is C19H25NO3. The third-order valence-electron chi connectivity index (χ3n) is 7.47. The Morgan fingerprint density at radius 3 is 1.91 bits per heavy atom. The lowest BCUT2D eigenvalue weighted by atomic mass is 9.53. The lowest BCUT2D eigenvalue weighted by Crippen LogP contribution is -2.61. The van der Waals surface area contributed by atoms with Crippen LogP contribution in [0.4, 0.5) is 0 Å². The molecule has 5 saturated carbocycles. The normalized spacial score (nSPS) is 52.1. The highest BCUT2D eigenvalue weighted by molar-refractivity contribution is 5.87. The fourth-order valence-corrected chi connectivity index (χ4v) is 7.12. The molecule has 0 aliphatic heterocycles. The minimum Gasteiger partial charge on any atom is -0.481 e. The van der Waals surface area contributed by atoms with Gasteiger partial charge in [-0.2, -0.15) is 0 Å². The predicted molar refractivity (Wildman–Crippen MR) is 84.4 cm³/mol. The van der Waals surface area contributed by atoms with Gasteiger partial charge in [-0.05, 0) is 74.5 Å². The quantitative estimate of drug-likeness (QED) is 0.787. The molecule has 124 valence electrons. The van der Waals surface area contributed by atoms with Crippen molar-refractivity contribution in [2.24, 2.45) is 41.4 Å². The number of hydrogen-bond acceptors (Lipinski definition) is 2. The minimum absolute atomic E-state index is 0.0135. The average Bonchev–Trinajstić information content (AvgIpc) is 3.05. The van der Waals surface area contributed by atoms with Gasteiger partial charge in [0.1, 0.15) is 0 Å². The number of allylic oxidation sites excluding steroid dienone is 2. The molecule has 6 aliphatic rings. The first-order valence-electron chi connectivity index (χ1n) is 9.26. The molecule has 0 saturated heterocycles. The Hall–Kier alpha value is -1.32. The zero-order valence-electron chi connectivity index (χ0n) is 13.4. The number of hydrogen-bond donors (Lipinski definition) is 2. The Bertz CT molecular complexity index is 560. The largest absolute Gasteiger partial charge is 0.481 e. The summed E-state index contributed by atoms with van der Waals surface area (Å²) in [7, 11) is 0. The Morgan fingerprint density at radius 2 is 1.39 bits per heavy atom. The second kappa shape index (κ2) is 4.61. The molecule has 4 heteroatoms. The number of carbonyl (C=O) groups is 2. The molecule has 1 amide bonds. The Labute approximate surface area is 136 Å². The predicted octanol–water partition coefficient (Wildman–Crippen LogP) is 2.59. The van der Waals surface area contributed by atoms with Crippen LogP contribution in [0.3, 0.4) is 0 Å². The molecule has 0 aromatic heterocycles. The summed E-state index contributed by atoms with van der Waals surface area (Å²) in [5.41, 5.74) is -0.0135. The van der Waals surface area contributed by atoms with Crippen LogP contribution in [0, 0.1) is 41.4 Å². The molecule has 23 heavy (non-hydrogen) atoms. The van der Waals surface area contributed by atoms with Gasteiger partial charge >= 0.3 is 5.97 Å². The average molecular weight is 315 g/mol. The lowest BCUT2D eigenvalue weighted by Gasteiger charge is -2.57. The van der Waals surface area contributed by atoms with Crippen LogP contribution in [-0.4, -0.2) is 22.5 Å². The summed E-state index contributed by atoms with van der Waals surface area (Å²) in [6.07, 6.45) is 12.4. The molecule has 4 atom stereocenters. The van der Waals surface area contributed by atoms with Gasteiger partial charge in [0, 0.05) is 5.54 Å². The van der Waals surface area contributed by atoms with Crippen LogP contribution >= 0.6 is 0 Å². The molecular weight excluding hydrogens is 290 g/mol. The van der Waals surface area contributed by atoms with E-state index in [9.17, 15) is 14.7 Å². The SMILES string of the molecule is O=C(NC12CC3CC(CC(C3)C1)C2)[C@@H]1[C@H](C(=O)O)[C@H]2C=C[C@H]1C2. The number of aliphatic carboxylic acids is 1. The molecule has 0 aromatic rings. The van der Waals surface area contributed by atoms with Gasteiger partial charge in [0.15, 0.2) is 0 Å². The van der Waals surface area contributed by atoms with Gasteiger partial charge in [0.2, 0.25) is 5.91 Å². The fraction of sp³-hybridized carbons (Fsp3) is 0.789. The fourth-order valence-electron chi connectivity index (χ4n) is 7.12. The molecule has 0 radical (unpaired) electrons. The number of fused-ring (bicyclic) bond motifs is 2. The van der Waals surface area contributed by atoms with E-state index in [0.29, 0.717) is 0 Å². The standard InChI is InChI=1S/C19H25NO3/c21-17(15-13-1-2-14(6-13)16(15)18(22)23)20-19-7-10-3-11(8-19)5-12(4-10)9-19/h1-2,10-16H,3-9H2,(H,20,21)(H,22,23)/t10?,11?,12?,13-,14-,15-,16+,19?/m0/s1. The van der Waals surface area contributed by atoms with Crippen molar-refractivity contribution in [3.63, 3.8) is 0 Å². The first-order valence-corrected chi connectivity index (χ1v) is 9.26. The first-order chi connectivity index (χ1) is 11.0. The van der Waals surface area contributed by atoms with Crippen molar-refractivity contribution in [3.05, 3.63) is 12.2 Å². The summed E-state index contributed by atoms with van der Waals surface area (Å²) in [5.74, 6) is 0.919. The molecule has 0 aromatic carbocycles. The topological polar surface area (TPSA) is 66.4 Å². The van der Waals surface area contributed by atoms with Gasteiger partial charge < -0.3 is 10.4 Å². The zero-order valence-corrected chi connectivity index (χ0v) is 13.4. The lowest BCUT2D eigenvalue weighted by molar-refractivity contribution is -0.149. The Kier molecular flexibility index (Phi) is 2.82. The smallest absolute Gasteiger partial charge is 0.307 e. The molecule has 4 nitrogen and oxygen atoms in total. The number of carboxylic acids is 1. The van der Waals surface area contributed by atoms with Crippen LogP contribution in [0.1, 0.15) is 44.9 Å². The number of carbonyl (C=O) groups excluding carboxylic acids is 1. The third-order valence-corrected chi connectivity index (χ3v) is 7.47. The molecule has 0 spiro atoms. The van der Waals surface area contributed by atoms with Gasteiger partial charge in [-0.15, -0.1) is 0 Å². The summed E-state index contributed by atoms with van der Waals surface area (Å²) in [4.78, 5) is 24.7. The van der Waals surface area contributed by atoms with E-state index < -0.39 is 11.9 Å². The number of amides is 1. The van der Waals surface area contributed by atoms with Crippen LogP contribution < -0.4 is 5.32 Å². The summed E-state index contributed by atoms with van der Waals surface area (Å²) in [5, 5.41) is 13.0. The highest BCUT2D eigenvalue weighted by Crippen LogP contribution is 2.56. The van der Waals surface area contributed by atoms with E-state index in [2.05, 4.69) is 11.4 Å².